The molecular weight excluding hydrogens is 356 g/mol. The monoisotopic (exact) mass is 378 g/mol. The minimum atomic E-state index is -0.553. The van der Waals surface area contributed by atoms with E-state index < -0.39 is 4.92 Å². The maximum atomic E-state index is 12.5. The lowest BCUT2D eigenvalue weighted by atomic mass is 9.90. The molecule has 0 bridgehead atoms. The Balaban J connectivity index is 1.51. The summed E-state index contributed by atoms with van der Waals surface area (Å²) in [6.07, 6.45) is 2.94. The zero-order chi connectivity index (χ0) is 19.9. The average molecular weight is 378 g/mol. The highest BCUT2D eigenvalue weighted by atomic mass is 16.6. The molecule has 0 aliphatic carbocycles. The summed E-state index contributed by atoms with van der Waals surface area (Å²) < 4.78 is 0. The van der Waals surface area contributed by atoms with Crippen molar-refractivity contribution in [1.82, 2.24) is 4.90 Å². The zero-order valence-electron chi connectivity index (χ0n) is 15.5. The van der Waals surface area contributed by atoms with Crippen LogP contribution in [0.1, 0.15) is 24.0 Å². The molecule has 144 valence electrons. The van der Waals surface area contributed by atoms with E-state index in [0.717, 1.165) is 19.3 Å². The number of hydrogen-bond acceptors (Lipinski definition) is 5. The topological polar surface area (TPSA) is 99.3 Å². The summed E-state index contributed by atoms with van der Waals surface area (Å²) in [5.74, 6) is 0.496. The largest absolute Gasteiger partial charge is 0.371 e. The Hall–Kier alpha value is -3.40. The van der Waals surface area contributed by atoms with Crippen LogP contribution in [-0.2, 0) is 11.2 Å². The molecule has 1 aliphatic rings. The molecule has 7 heteroatoms. The van der Waals surface area contributed by atoms with Gasteiger partial charge < -0.3 is 10.2 Å². The summed E-state index contributed by atoms with van der Waals surface area (Å²) in [5, 5.41) is 22.9. The number of amides is 1. The maximum Gasteiger partial charge on any atom is 0.293 e. The molecule has 0 atom stereocenters. The number of carbonyl (C=O) groups is 1. The number of benzene rings is 2. The lowest BCUT2D eigenvalue weighted by Crippen LogP contribution is -2.41. The van der Waals surface area contributed by atoms with Gasteiger partial charge in [-0.15, -0.1) is 0 Å². The number of nitrogens with one attached hydrogen (secondary N) is 1. The minimum absolute atomic E-state index is 0.00388. The molecule has 1 saturated heterocycles. The average Bonchev–Trinajstić information content (AvgIpc) is 2.73. The van der Waals surface area contributed by atoms with Crippen LogP contribution in [-0.4, -0.2) is 35.4 Å². The van der Waals surface area contributed by atoms with Gasteiger partial charge in [-0.2, -0.15) is 5.26 Å². The molecule has 1 heterocycles. The molecule has 2 aromatic rings. The number of nitro groups is 1. The Bertz CT molecular complexity index is 884. The first kappa shape index (κ1) is 19.4. The third-order valence-corrected chi connectivity index (χ3v) is 5.09. The number of carbonyl (C=O) groups excluding carboxylic acids is 1. The van der Waals surface area contributed by atoms with Crippen LogP contribution in [0.4, 0.5) is 11.4 Å². The number of anilines is 1. The Morgan fingerprint density at radius 1 is 1.21 bits per heavy atom. The molecular formula is C21H22N4O3. The fraction of sp³-hybridized carbons (Fsp3) is 0.333. The summed E-state index contributed by atoms with van der Waals surface area (Å²) in [6, 6.07) is 16.4. The van der Waals surface area contributed by atoms with Crippen molar-refractivity contribution in [1.29, 1.82) is 5.26 Å². The van der Waals surface area contributed by atoms with Crippen molar-refractivity contribution in [2.24, 2.45) is 5.92 Å². The first-order valence-corrected chi connectivity index (χ1v) is 9.31. The van der Waals surface area contributed by atoms with Crippen molar-refractivity contribution >= 4 is 17.3 Å². The van der Waals surface area contributed by atoms with E-state index in [0.29, 0.717) is 19.0 Å². The number of nitrogens with zero attached hydrogens (tertiary/aromatic N) is 3. The predicted octanol–water partition coefficient (Wildman–Crippen LogP) is 3.36. The fourth-order valence-electron chi connectivity index (χ4n) is 3.52. The molecule has 0 radical (unpaired) electrons. The van der Waals surface area contributed by atoms with Crippen LogP contribution < -0.4 is 5.32 Å². The first-order valence-electron chi connectivity index (χ1n) is 9.31. The van der Waals surface area contributed by atoms with E-state index in [9.17, 15) is 14.9 Å². The lowest BCUT2D eigenvalue weighted by molar-refractivity contribution is -0.384. The maximum absolute atomic E-state index is 12.5. The van der Waals surface area contributed by atoms with Gasteiger partial charge in [0.15, 0.2) is 0 Å². The molecule has 0 aromatic heterocycles. The van der Waals surface area contributed by atoms with Gasteiger partial charge in [0, 0.05) is 19.2 Å². The molecule has 3 rings (SSSR count). The highest BCUT2D eigenvalue weighted by Crippen LogP contribution is 2.26. The van der Waals surface area contributed by atoms with Crippen molar-refractivity contribution in [3.63, 3.8) is 0 Å². The zero-order valence-corrected chi connectivity index (χ0v) is 15.5. The van der Waals surface area contributed by atoms with Gasteiger partial charge in [0.2, 0.25) is 5.91 Å². The van der Waals surface area contributed by atoms with Gasteiger partial charge in [-0.25, -0.2) is 0 Å². The number of nitro benzene ring substituents is 1. The molecule has 0 unspecified atom stereocenters. The van der Waals surface area contributed by atoms with Gasteiger partial charge in [-0.05, 0) is 42.9 Å². The van der Waals surface area contributed by atoms with E-state index in [-0.39, 0.29) is 29.4 Å². The van der Waals surface area contributed by atoms with E-state index in [1.807, 2.05) is 29.2 Å². The summed E-state index contributed by atoms with van der Waals surface area (Å²) in [6.45, 7) is 1.40. The van der Waals surface area contributed by atoms with E-state index >= 15 is 0 Å². The molecule has 0 spiro atoms. The summed E-state index contributed by atoms with van der Waals surface area (Å²) >= 11 is 0. The van der Waals surface area contributed by atoms with Crippen molar-refractivity contribution in [2.45, 2.75) is 19.3 Å². The van der Waals surface area contributed by atoms with Gasteiger partial charge in [0.1, 0.15) is 5.69 Å². The lowest BCUT2D eigenvalue weighted by Gasteiger charge is -2.32. The second-order valence-corrected chi connectivity index (χ2v) is 6.97. The highest BCUT2D eigenvalue weighted by molar-refractivity contribution is 5.82. The van der Waals surface area contributed by atoms with Gasteiger partial charge >= 0.3 is 0 Å². The smallest absolute Gasteiger partial charge is 0.293 e. The third kappa shape index (κ3) is 4.86. The first-order chi connectivity index (χ1) is 13.6. The molecule has 1 N–H and O–H groups in total. The van der Waals surface area contributed by atoms with Crippen molar-refractivity contribution in [3.8, 4) is 6.07 Å². The van der Waals surface area contributed by atoms with E-state index in [4.69, 9.17) is 5.26 Å². The number of likely N-dealkylation sites (tertiary alicyclic amines) is 1. The third-order valence-electron chi connectivity index (χ3n) is 5.09. The molecule has 1 fully saturated rings. The number of rotatable bonds is 6. The SMILES string of the molecule is N#Cc1ccc(NCC(=O)N2CCC(Cc3ccccc3)CC2)c([N+](=O)[O-])c1. The van der Waals surface area contributed by atoms with Gasteiger partial charge in [-0.1, -0.05) is 30.3 Å². The van der Waals surface area contributed by atoms with Gasteiger partial charge in [0.25, 0.3) is 5.69 Å². The quantitative estimate of drug-likeness (QED) is 0.614. The Morgan fingerprint density at radius 2 is 1.93 bits per heavy atom. The Kier molecular flexibility index (Phi) is 6.22. The van der Waals surface area contributed by atoms with Crippen LogP contribution >= 0.6 is 0 Å². The number of hydrogen-bond donors (Lipinski definition) is 1. The second-order valence-electron chi connectivity index (χ2n) is 6.97. The van der Waals surface area contributed by atoms with Crippen LogP contribution in [0, 0.1) is 27.4 Å². The molecule has 1 amide bonds. The standard InChI is InChI=1S/C21H22N4O3/c22-14-18-6-7-19(20(13-18)25(27)28)23-15-21(26)24-10-8-17(9-11-24)12-16-4-2-1-3-5-16/h1-7,13,17,23H,8-12,15H2. The van der Waals surface area contributed by atoms with E-state index in [1.54, 1.807) is 0 Å². The minimum Gasteiger partial charge on any atom is -0.371 e. The summed E-state index contributed by atoms with van der Waals surface area (Å²) in [5.41, 5.74) is 1.58. The van der Waals surface area contributed by atoms with Gasteiger partial charge in [-0.3, -0.25) is 14.9 Å². The summed E-state index contributed by atoms with van der Waals surface area (Å²) in [7, 11) is 0. The van der Waals surface area contributed by atoms with Crippen LogP contribution in [0.5, 0.6) is 0 Å². The predicted molar refractivity (Wildman–Crippen MR) is 106 cm³/mol. The molecule has 1 aliphatic heterocycles. The summed E-state index contributed by atoms with van der Waals surface area (Å²) in [4.78, 5) is 24.9. The van der Waals surface area contributed by atoms with Crippen molar-refractivity contribution in [3.05, 3.63) is 69.8 Å². The van der Waals surface area contributed by atoms with Crippen LogP contribution in [0.25, 0.3) is 0 Å². The molecule has 7 nitrogen and oxygen atoms in total. The van der Waals surface area contributed by atoms with Crippen LogP contribution in [0.3, 0.4) is 0 Å². The number of piperidine rings is 1. The second kappa shape index (κ2) is 9.00. The highest BCUT2D eigenvalue weighted by Gasteiger charge is 2.23. The molecule has 2 aromatic carbocycles. The van der Waals surface area contributed by atoms with Crippen molar-refractivity contribution in [2.75, 3.05) is 25.0 Å². The van der Waals surface area contributed by atoms with Gasteiger partial charge in [0.05, 0.1) is 23.1 Å². The van der Waals surface area contributed by atoms with E-state index in [2.05, 4.69) is 17.4 Å². The molecule has 28 heavy (non-hydrogen) atoms. The van der Waals surface area contributed by atoms with Crippen molar-refractivity contribution < 1.29 is 9.72 Å². The Morgan fingerprint density at radius 3 is 2.57 bits per heavy atom. The normalized spacial score (nSPS) is 14.3. The van der Waals surface area contributed by atoms with Crippen LogP contribution in [0.15, 0.2) is 48.5 Å². The fourth-order valence-corrected chi connectivity index (χ4v) is 3.52. The number of nitriles is 1. The van der Waals surface area contributed by atoms with E-state index in [1.165, 1.54) is 23.8 Å². The van der Waals surface area contributed by atoms with Crippen LogP contribution in [0.2, 0.25) is 0 Å². The molecule has 0 saturated carbocycles. The Labute approximate surface area is 163 Å².